The number of benzene rings is 1. The highest BCUT2D eigenvalue weighted by molar-refractivity contribution is 5.91. The van der Waals surface area contributed by atoms with E-state index >= 15 is 0 Å². The van der Waals surface area contributed by atoms with Gasteiger partial charge in [-0.15, -0.1) is 0 Å². The summed E-state index contributed by atoms with van der Waals surface area (Å²) in [5, 5.41) is 34.9. The summed E-state index contributed by atoms with van der Waals surface area (Å²) >= 11 is 0. The van der Waals surface area contributed by atoms with Gasteiger partial charge in [-0.3, -0.25) is 25.0 Å². The van der Waals surface area contributed by atoms with Crippen LogP contribution >= 0.6 is 0 Å². The minimum Gasteiger partial charge on any atom is -0.462 e. The van der Waals surface area contributed by atoms with Crippen molar-refractivity contribution >= 4 is 41.5 Å². The number of esters is 3. The van der Waals surface area contributed by atoms with E-state index in [0.717, 1.165) is 154 Å². The van der Waals surface area contributed by atoms with Crippen LogP contribution in [0.1, 0.15) is 290 Å². The first kappa shape index (κ1) is 78.3. The van der Waals surface area contributed by atoms with Gasteiger partial charge in [0.15, 0.2) is 6.10 Å². The van der Waals surface area contributed by atoms with Gasteiger partial charge in [0.05, 0.1) is 18.8 Å². The van der Waals surface area contributed by atoms with Crippen LogP contribution in [-0.4, -0.2) is 96.3 Å². The van der Waals surface area contributed by atoms with E-state index in [2.05, 4.69) is 67.9 Å². The van der Waals surface area contributed by atoms with Crippen LogP contribution in [0.2, 0.25) is 0 Å². The van der Waals surface area contributed by atoms with Gasteiger partial charge in [-0.25, -0.2) is 9.59 Å². The molecule has 0 radical (unpaired) electrons. The Morgan fingerprint density at radius 2 is 0.847 bits per heavy atom. The van der Waals surface area contributed by atoms with Crippen molar-refractivity contribution in [2.75, 3.05) is 37.1 Å². The standard InChI is InChI=1S/C70H120N2O13/c1-5-8-11-32-44-60(74)46-34-26-20-14-17-23-29-38-52-66(76)82-57-63(84-68(78)54-40-31-25-18-15-21-27-35-47-61(75)45-33-12-9-6-2)58-83-67(77)53-39-30-24-19-16-22-28-37-49-62(48-36-13-10-7-3)85-70(80)72-65-51-43-50-64(59(65)4)71-69(79)81-56-42-41-55-73/h26-28,34-35,37,43,50-51,60-63,73-75H,5-25,29-33,36,38-42,44-49,52-58H2,1-4H3,(H,71,79)(H,72,80)/b34-26+,35-27+,37-28+. The van der Waals surface area contributed by atoms with Crippen LogP contribution in [0, 0.1) is 6.92 Å². The van der Waals surface area contributed by atoms with E-state index in [0.29, 0.717) is 68.3 Å². The molecule has 0 fully saturated rings. The molecule has 5 N–H and O–H groups in total. The van der Waals surface area contributed by atoms with Gasteiger partial charge in [0.25, 0.3) is 0 Å². The van der Waals surface area contributed by atoms with E-state index < -0.39 is 24.3 Å². The molecule has 2 amide bonds. The normalized spacial score (nSPS) is 13.0. The number of aliphatic hydroxyl groups excluding tert-OH is 3. The van der Waals surface area contributed by atoms with E-state index in [-0.39, 0.29) is 75.9 Å². The van der Waals surface area contributed by atoms with E-state index in [1.165, 1.54) is 38.5 Å². The Bertz CT molecular complexity index is 1910. The molecule has 0 saturated carbocycles. The van der Waals surface area contributed by atoms with Gasteiger partial charge in [0.2, 0.25) is 0 Å². The van der Waals surface area contributed by atoms with Gasteiger partial charge < -0.3 is 39.0 Å². The maximum absolute atomic E-state index is 13.1. The molecule has 488 valence electrons. The number of ether oxygens (including phenoxy) is 5. The number of carbonyl (C=O) groups excluding carboxylic acids is 5. The zero-order chi connectivity index (χ0) is 62.1. The van der Waals surface area contributed by atoms with E-state index in [1.807, 2.05) is 0 Å². The highest BCUT2D eigenvalue weighted by Crippen LogP contribution is 2.25. The summed E-state index contributed by atoms with van der Waals surface area (Å²) < 4.78 is 28.0. The number of anilines is 2. The van der Waals surface area contributed by atoms with Crippen molar-refractivity contribution in [3.05, 3.63) is 60.2 Å². The van der Waals surface area contributed by atoms with Crippen LogP contribution in [0.3, 0.4) is 0 Å². The highest BCUT2D eigenvalue weighted by Gasteiger charge is 2.20. The summed E-state index contributed by atoms with van der Waals surface area (Å²) in [6, 6.07) is 5.22. The van der Waals surface area contributed by atoms with Crippen molar-refractivity contribution < 1.29 is 63.0 Å². The summed E-state index contributed by atoms with van der Waals surface area (Å²) in [7, 11) is 0. The molecule has 85 heavy (non-hydrogen) atoms. The number of allylic oxidation sites excluding steroid dienone is 3. The number of aliphatic hydroxyl groups is 3. The average Bonchev–Trinajstić information content (AvgIpc) is 3.55. The zero-order valence-electron chi connectivity index (χ0n) is 53.7. The summed E-state index contributed by atoms with van der Waals surface area (Å²) in [5.41, 5.74) is 1.71. The number of nitrogens with one attached hydrogen (secondary N) is 2. The minimum absolute atomic E-state index is 0.0394. The van der Waals surface area contributed by atoms with Crippen molar-refractivity contribution in [2.45, 2.75) is 315 Å². The number of unbranched alkanes of at least 4 members (excludes halogenated alkanes) is 25. The fourth-order valence-electron chi connectivity index (χ4n) is 9.77. The molecule has 0 heterocycles. The number of amides is 2. The number of hydrogen-bond donors (Lipinski definition) is 5. The molecule has 4 atom stereocenters. The molecule has 0 aliphatic carbocycles. The SMILES string of the molecule is CCCCCCC(O)C/C=C/CCCCCCCC(=O)OCC(COC(=O)CCCCCCC/C=C/CC(CCCCCC)OC(=O)Nc1cccc(NC(=O)OCCCCO)c1C)OC(=O)CCCCCCC/C=C/CC(O)CCCCCC. The Balaban J connectivity index is 2.54. The molecule has 0 aromatic heterocycles. The van der Waals surface area contributed by atoms with Gasteiger partial charge in [-0.1, -0.05) is 192 Å². The molecule has 15 nitrogen and oxygen atoms in total. The van der Waals surface area contributed by atoms with E-state index in [9.17, 15) is 34.2 Å². The van der Waals surface area contributed by atoms with Crippen LogP contribution in [0.4, 0.5) is 21.0 Å². The second-order valence-electron chi connectivity index (χ2n) is 23.2. The third kappa shape index (κ3) is 49.0. The summed E-state index contributed by atoms with van der Waals surface area (Å²) in [5.74, 6) is -1.13. The Morgan fingerprint density at radius 1 is 0.435 bits per heavy atom. The van der Waals surface area contributed by atoms with E-state index in [4.69, 9.17) is 28.8 Å². The lowest BCUT2D eigenvalue weighted by Gasteiger charge is -2.18. The fraction of sp³-hybridized carbons (Fsp3) is 0.757. The zero-order valence-corrected chi connectivity index (χ0v) is 53.7. The summed E-state index contributed by atoms with van der Waals surface area (Å²) in [6.07, 6.45) is 46.8. The third-order valence-electron chi connectivity index (χ3n) is 15.2. The molecule has 1 rings (SSSR count). The van der Waals surface area contributed by atoms with Crippen LogP contribution in [-0.2, 0) is 38.1 Å². The average molecular weight is 1200 g/mol. The molecule has 1 aromatic carbocycles. The predicted octanol–water partition coefficient (Wildman–Crippen LogP) is 17.9. The Kier molecular flexibility index (Phi) is 52.5. The summed E-state index contributed by atoms with van der Waals surface area (Å²) in [6.45, 7) is 8.24. The Labute approximate surface area is 515 Å². The molecule has 1 aromatic rings. The second-order valence-corrected chi connectivity index (χ2v) is 23.2. The Hall–Kier alpha value is -4.73. The van der Waals surface area contributed by atoms with E-state index in [1.54, 1.807) is 25.1 Å². The predicted molar refractivity (Wildman–Crippen MR) is 345 cm³/mol. The van der Waals surface area contributed by atoms with Gasteiger partial charge >= 0.3 is 30.1 Å². The molecule has 0 spiro atoms. The Morgan fingerprint density at radius 3 is 1.32 bits per heavy atom. The second kappa shape index (κ2) is 57.0. The first-order chi connectivity index (χ1) is 41.4. The molecule has 0 aliphatic rings. The molecular weight excluding hydrogens is 1080 g/mol. The topological polar surface area (TPSA) is 216 Å². The third-order valence-corrected chi connectivity index (χ3v) is 15.2. The summed E-state index contributed by atoms with van der Waals surface area (Å²) in [4.78, 5) is 64.0. The van der Waals surface area contributed by atoms with Gasteiger partial charge in [0, 0.05) is 43.7 Å². The van der Waals surface area contributed by atoms with Gasteiger partial charge in [0.1, 0.15) is 19.3 Å². The van der Waals surface area contributed by atoms with Crippen LogP contribution in [0.25, 0.3) is 0 Å². The number of rotatable bonds is 57. The van der Waals surface area contributed by atoms with Crippen molar-refractivity contribution in [1.82, 2.24) is 0 Å². The number of carbonyl (C=O) groups is 5. The maximum atomic E-state index is 13.1. The fourth-order valence-corrected chi connectivity index (χ4v) is 9.77. The van der Waals surface area contributed by atoms with Gasteiger partial charge in [-0.2, -0.15) is 0 Å². The lowest BCUT2D eigenvalue weighted by atomic mass is 10.1. The van der Waals surface area contributed by atoms with Gasteiger partial charge in [-0.05, 0) is 134 Å². The lowest BCUT2D eigenvalue weighted by Crippen LogP contribution is -2.30. The van der Waals surface area contributed by atoms with Crippen molar-refractivity contribution in [3.63, 3.8) is 0 Å². The van der Waals surface area contributed by atoms with Crippen LogP contribution in [0.5, 0.6) is 0 Å². The maximum Gasteiger partial charge on any atom is 0.411 e. The van der Waals surface area contributed by atoms with Crippen molar-refractivity contribution in [3.8, 4) is 0 Å². The van der Waals surface area contributed by atoms with Crippen LogP contribution < -0.4 is 10.6 Å². The van der Waals surface area contributed by atoms with Crippen LogP contribution in [0.15, 0.2) is 54.7 Å². The van der Waals surface area contributed by atoms with Crippen molar-refractivity contribution in [2.24, 2.45) is 0 Å². The quantitative estimate of drug-likeness (QED) is 0.0178. The monoisotopic (exact) mass is 1200 g/mol. The number of hydrogen-bond acceptors (Lipinski definition) is 13. The smallest absolute Gasteiger partial charge is 0.411 e. The molecule has 4 unspecified atom stereocenters. The largest absolute Gasteiger partial charge is 0.462 e. The first-order valence-corrected chi connectivity index (χ1v) is 33.9. The molecule has 15 heteroatoms. The highest BCUT2D eigenvalue weighted by atomic mass is 16.6. The lowest BCUT2D eigenvalue weighted by molar-refractivity contribution is -0.167. The molecule has 0 bridgehead atoms. The van der Waals surface area contributed by atoms with Crippen molar-refractivity contribution in [1.29, 1.82) is 0 Å². The first-order valence-electron chi connectivity index (χ1n) is 33.9. The molecular formula is C70H120N2O13. The molecule has 0 saturated heterocycles. The minimum atomic E-state index is -0.880. The molecule has 0 aliphatic heterocycles.